The van der Waals surface area contributed by atoms with Gasteiger partial charge < -0.3 is 15.2 Å². The molecule has 1 aromatic heterocycles. The van der Waals surface area contributed by atoms with Crippen LogP contribution in [0.5, 0.6) is 0 Å². The van der Waals surface area contributed by atoms with Crippen molar-refractivity contribution in [2.45, 2.75) is 12.6 Å². The lowest BCUT2D eigenvalue weighted by atomic mass is 10.3. The van der Waals surface area contributed by atoms with Crippen molar-refractivity contribution < 1.29 is 9.84 Å². The Kier molecular flexibility index (Phi) is 5.69. The molecule has 0 fully saturated rings. The topological polar surface area (TPSA) is 76.4 Å². The van der Waals surface area contributed by atoms with E-state index in [1.165, 1.54) is 23.2 Å². The highest BCUT2D eigenvalue weighted by atomic mass is 16.5. The third kappa shape index (κ3) is 4.52. The van der Waals surface area contributed by atoms with Crippen LogP contribution < -0.4 is 10.9 Å². The lowest BCUT2D eigenvalue weighted by Gasteiger charge is -2.12. The van der Waals surface area contributed by atoms with Gasteiger partial charge in [-0.15, -0.1) is 0 Å². The third-order valence-electron chi connectivity index (χ3n) is 2.06. The van der Waals surface area contributed by atoms with Crippen LogP contribution in [0.3, 0.4) is 0 Å². The minimum Gasteiger partial charge on any atom is -0.390 e. The Hall–Kier alpha value is -1.24. The van der Waals surface area contributed by atoms with Crippen LogP contribution in [-0.2, 0) is 11.3 Å². The molecule has 1 unspecified atom stereocenters. The first-order chi connectivity index (χ1) is 7.74. The number of nitrogens with one attached hydrogen (secondary N) is 1. The number of rotatable bonds is 7. The molecule has 1 heterocycles. The van der Waals surface area contributed by atoms with E-state index in [2.05, 4.69) is 10.3 Å². The van der Waals surface area contributed by atoms with Crippen LogP contribution >= 0.6 is 0 Å². The smallest absolute Gasteiger partial charge is 0.253 e. The van der Waals surface area contributed by atoms with Gasteiger partial charge in [0.2, 0.25) is 0 Å². The molecule has 0 aliphatic heterocycles. The highest BCUT2D eigenvalue weighted by Crippen LogP contribution is 1.86. The van der Waals surface area contributed by atoms with Crippen molar-refractivity contribution in [1.82, 2.24) is 14.9 Å². The predicted octanol–water partition coefficient (Wildman–Crippen LogP) is -1.16. The van der Waals surface area contributed by atoms with E-state index >= 15 is 0 Å². The van der Waals surface area contributed by atoms with Gasteiger partial charge in [0.15, 0.2) is 0 Å². The molecule has 90 valence electrons. The van der Waals surface area contributed by atoms with Gasteiger partial charge >= 0.3 is 0 Å². The summed E-state index contributed by atoms with van der Waals surface area (Å²) >= 11 is 0. The van der Waals surface area contributed by atoms with Crippen LogP contribution in [0.2, 0.25) is 0 Å². The van der Waals surface area contributed by atoms with Crippen LogP contribution in [0.4, 0.5) is 0 Å². The van der Waals surface area contributed by atoms with Crippen LogP contribution in [-0.4, -0.2) is 47.6 Å². The van der Waals surface area contributed by atoms with Crippen LogP contribution in [0.25, 0.3) is 0 Å². The summed E-state index contributed by atoms with van der Waals surface area (Å²) in [5.74, 6) is 0. The maximum atomic E-state index is 11.3. The summed E-state index contributed by atoms with van der Waals surface area (Å²) in [6, 6.07) is 1.37. The number of ether oxygens (including phenoxy) is 1. The molecule has 2 N–H and O–H groups in total. The van der Waals surface area contributed by atoms with Gasteiger partial charge in [0, 0.05) is 32.5 Å². The molecule has 0 aliphatic rings. The Morgan fingerprint density at radius 3 is 3.19 bits per heavy atom. The first kappa shape index (κ1) is 12.8. The van der Waals surface area contributed by atoms with E-state index in [0.29, 0.717) is 19.7 Å². The Morgan fingerprint density at radius 1 is 1.69 bits per heavy atom. The minimum atomic E-state index is -0.612. The standard InChI is InChI=1S/C10H17N3O3/c1-16-5-4-11-6-9(14)7-13-8-12-3-2-10(13)15/h2-3,8-9,11,14H,4-7H2,1H3. The van der Waals surface area contributed by atoms with Gasteiger partial charge in [-0.05, 0) is 0 Å². The largest absolute Gasteiger partial charge is 0.390 e. The molecule has 0 saturated carbocycles. The molecule has 0 bridgehead atoms. The van der Waals surface area contributed by atoms with Gasteiger partial charge in [-0.2, -0.15) is 0 Å². The SMILES string of the molecule is COCCNCC(O)Cn1cnccc1=O. The second kappa shape index (κ2) is 7.10. The summed E-state index contributed by atoms with van der Waals surface area (Å²) in [7, 11) is 1.62. The van der Waals surface area contributed by atoms with Crippen molar-refractivity contribution in [2.75, 3.05) is 26.8 Å². The number of aliphatic hydroxyl groups is 1. The number of methoxy groups -OCH3 is 1. The molecule has 6 heteroatoms. The molecule has 0 aromatic carbocycles. The zero-order chi connectivity index (χ0) is 11.8. The summed E-state index contributed by atoms with van der Waals surface area (Å²) in [5, 5.41) is 12.7. The normalized spacial score (nSPS) is 12.6. The fourth-order valence-corrected chi connectivity index (χ4v) is 1.25. The summed E-state index contributed by atoms with van der Waals surface area (Å²) in [6.07, 6.45) is 2.24. The van der Waals surface area contributed by atoms with Gasteiger partial charge in [-0.25, -0.2) is 4.98 Å². The van der Waals surface area contributed by atoms with Crippen LogP contribution in [0.15, 0.2) is 23.4 Å². The number of aromatic nitrogens is 2. The highest BCUT2D eigenvalue weighted by molar-refractivity contribution is 4.82. The summed E-state index contributed by atoms with van der Waals surface area (Å²) in [6.45, 7) is 1.94. The van der Waals surface area contributed by atoms with Crippen molar-refractivity contribution in [3.8, 4) is 0 Å². The third-order valence-corrected chi connectivity index (χ3v) is 2.06. The molecule has 0 aliphatic carbocycles. The van der Waals surface area contributed by atoms with E-state index in [9.17, 15) is 9.90 Å². The van der Waals surface area contributed by atoms with Crippen molar-refractivity contribution in [2.24, 2.45) is 0 Å². The van der Waals surface area contributed by atoms with Crippen molar-refractivity contribution in [1.29, 1.82) is 0 Å². The second-order valence-electron chi connectivity index (χ2n) is 3.42. The van der Waals surface area contributed by atoms with Gasteiger partial charge in [0.05, 0.1) is 25.6 Å². The van der Waals surface area contributed by atoms with Crippen LogP contribution in [0, 0.1) is 0 Å². The van der Waals surface area contributed by atoms with E-state index in [1.807, 2.05) is 0 Å². The Balaban J connectivity index is 2.31. The number of nitrogens with zero attached hydrogens (tertiary/aromatic N) is 2. The first-order valence-electron chi connectivity index (χ1n) is 5.12. The fourth-order valence-electron chi connectivity index (χ4n) is 1.25. The maximum Gasteiger partial charge on any atom is 0.253 e. The molecular weight excluding hydrogens is 210 g/mol. The van der Waals surface area contributed by atoms with E-state index < -0.39 is 6.10 Å². The predicted molar refractivity (Wildman–Crippen MR) is 59.2 cm³/mol. The molecule has 16 heavy (non-hydrogen) atoms. The van der Waals surface area contributed by atoms with Gasteiger partial charge in [0.1, 0.15) is 0 Å². The first-order valence-corrected chi connectivity index (χ1v) is 5.12. The molecule has 1 aromatic rings. The Labute approximate surface area is 93.9 Å². The zero-order valence-corrected chi connectivity index (χ0v) is 9.30. The molecular formula is C10H17N3O3. The molecule has 0 spiro atoms. The molecule has 0 amide bonds. The summed E-state index contributed by atoms with van der Waals surface area (Å²) in [4.78, 5) is 15.1. The second-order valence-corrected chi connectivity index (χ2v) is 3.42. The van der Waals surface area contributed by atoms with E-state index in [-0.39, 0.29) is 12.1 Å². The number of hydrogen-bond donors (Lipinski definition) is 2. The van der Waals surface area contributed by atoms with Gasteiger partial charge in [0.25, 0.3) is 5.56 Å². The zero-order valence-electron chi connectivity index (χ0n) is 9.30. The van der Waals surface area contributed by atoms with Crippen molar-refractivity contribution in [3.63, 3.8) is 0 Å². The van der Waals surface area contributed by atoms with Crippen LogP contribution in [0.1, 0.15) is 0 Å². The van der Waals surface area contributed by atoms with E-state index in [0.717, 1.165) is 0 Å². The number of aliphatic hydroxyl groups excluding tert-OH is 1. The quantitative estimate of drug-likeness (QED) is 0.575. The Morgan fingerprint density at radius 2 is 2.50 bits per heavy atom. The van der Waals surface area contributed by atoms with E-state index in [4.69, 9.17) is 4.74 Å². The average molecular weight is 227 g/mol. The molecule has 0 saturated heterocycles. The number of hydrogen-bond acceptors (Lipinski definition) is 5. The summed E-state index contributed by atoms with van der Waals surface area (Å²) in [5.41, 5.74) is -0.161. The monoisotopic (exact) mass is 227 g/mol. The molecule has 1 rings (SSSR count). The average Bonchev–Trinajstić information content (AvgIpc) is 2.28. The maximum absolute atomic E-state index is 11.3. The lowest BCUT2D eigenvalue weighted by Crippen LogP contribution is -2.34. The van der Waals surface area contributed by atoms with Crippen molar-refractivity contribution in [3.05, 3.63) is 28.9 Å². The molecule has 1 atom stereocenters. The minimum absolute atomic E-state index is 0.161. The fraction of sp³-hybridized carbons (Fsp3) is 0.600. The van der Waals surface area contributed by atoms with E-state index in [1.54, 1.807) is 7.11 Å². The summed E-state index contributed by atoms with van der Waals surface area (Å²) < 4.78 is 6.23. The molecule has 0 radical (unpaired) electrons. The Bertz CT molecular complexity index is 353. The highest BCUT2D eigenvalue weighted by Gasteiger charge is 2.05. The van der Waals surface area contributed by atoms with Gasteiger partial charge in [-0.1, -0.05) is 0 Å². The van der Waals surface area contributed by atoms with Crippen molar-refractivity contribution >= 4 is 0 Å². The molecule has 6 nitrogen and oxygen atoms in total. The lowest BCUT2D eigenvalue weighted by molar-refractivity contribution is 0.142. The van der Waals surface area contributed by atoms with Gasteiger partial charge in [-0.3, -0.25) is 9.36 Å².